The molecule has 0 saturated carbocycles. The lowest BCUT2D eigenvalue weighted by atomic mass is 10.1. The second-order valence-corrected chi connectivity index (χ2v) is 4.65. The smallest absolute Gasteiger partial charge is 0.144 e. The summed E-state index contributed by atoms with van der Waals surface area (Å²) in [5, 5.41) is 4.93. The van der Waals surface area contributed by atoms with Gasteiger partial charge in [-0.1, -0.05) is 36.7 Å². The van der Waals surface area contributed by atoms with Crippen LogP contribution in [0.4, 0.5) is 0 Å². The second-order valence-electron chi connectivity index (χ2n) is 4.24. The van der Waals surface area contributed by atoms with Crippen molar-refractivity contribution in [2.24, 2.45) is 5.73 Å². The molecule has 96 valence electrons. The zero-order valence-electron chi connectivity index (χ0n) is 10.4. The van der Waals surface area contributed by atoms with Gasteiger partial charge in [-0.25, -0.2) is 9.67 Å². The summed E-state index contributed by atoms with van der Waals surface area (Å²) in [6, 6.07) is 7.56. The molecule has 1 heterocycles. The van der Waals surface area contributed by atoms with Gasteiger partial charge < -0.3 is 5.73 Å². The first kappa shape index (κ1) is 13.1. The van der Waals surface area contributed by atoms with E-state index >= 15 is 0 Å². The minimum Gasteiger partial charge on any atom is -0.321 e. The van der Waals surface area contributed by atoms with E-state index in [0.717, 1.165) is 29.4 Å². The predicted molar refractivity (Wildman–Crippen MR) is 72.4 cm³/mol. The van der Waals surface area contributed by atoms with Crippen LogP contribution in [0.1, 0.15) is 30.8 Å². The third kappa shape index (κ3) is 2.89. The highest BCUT2D eigenvalue weighted by Gasteiger charge is 2.15. The number of aryl methyl sites for hydroxylation is 1. The van der Waals surface area contributed by atoms with Gasteiger partial charge in [0.1, 0.15) is 12.2 Å². The number of rotatable bonds is 5. The first-order valence-corrected chi connectivity index (χ1v) is 6.47. The van der Waals surface area contributed by atoms with Crippen molar-refractivity contribution in [1.82, 2.24) is 14.8 Å². The van der Waals surface area contributed by atoms with Crippen molar-refractivity contribution in [3.8, 4) is 0 Å². The Kier molecular flexibility index (Phi) is 4.33. The number of nitrogens with zero attached hydrogens (tertiary/aromatic N) is 3. The third-order valence-corrected chi connectivity index (χ3v) is 3.18. The van der Waals surface area contributed by atoms with E-state index < -0.39 is 0 Å². The molecular weight excluding hydrogens is 248 g/mol. The predicted octanol–water partition coefficient (Wildman–Crippen LogP) is 2.58. The Morgan fingerprint density at radius 2 is 2.17 bits per heavy atom. The molecule has 0 bridgehead atoms. The molecule has 1 aromatic carbocycles. The van der Waals surface area contributed by atoms with E-state index in [1.165, 1.54) is 0 Å². The molecule has 18 heavy (non-hydrogen) atoms. The molecule has 0 aliphatic rings. The van der Waals surface area contributed by atoms with Crippen LogP contribution in [0.25, 0.3) is 0 Å². The number of hydrogen-bond donors (Lipinski definition) is 1. The van der Waals surface area contributed by atoms with E-state index in [9.17, 15) is 0 Å². The summed E-state index contributed by atoms with van der Waals surface area (Å²) >= 11 is 6.13. The summed E-state index contributed by atoms with van der Waals surface area (Å²) in [5.74, 6) is 0.816. The summed E-state index contributed by atoms with van der Waals surface area (Å²) in [7, 11) is 0. The highest BCUT2D eigenvalue weighted by atomic mass is 35.5. The van der Waals surface area contributed by atoms with E-state index in [2.05, 4.69) is 17.0 Å². The van der Waals surface area contributed by atoms with Gasteiger partial charge in [0.2, 0.25) is 0 Å². The quantitative estimate of drug-likeness (QED) is 0.903. The molecule has 2 N–H and O–H groups in total. The van der Waals surface area contributed by atoms with Gasteiger partial charge in [0.25, 0.3) is 0 Å². The van der Waals surface area contributed by atoms with Gasteiger partial charge in [-0.3, -0.25) is 0 Å². The lowest BCUT2D eigenvalue weighted by molar-refractivity contribution is 0.529. The van der Waals surface area contributed by atoms with Gasteiger partial charge in [0.05, 0.1) is 6.04 Å². The van der Waals surface area contributed by atoms with Crippen molar-refractivity contribution in [2.75, 3.05) is 0 Å². The molecule has 1 atom stereocenters. The maximum Gasteiger partial charge on any atom is 0.144 e. The first-order chi connectivity index (χ1) is 8.72. The zero-order chi connectivity index (χ0) is 13.0. The van der Waals surface area contributed by atoms with Crippen LogP contribution in [0, 0.1) is 0 Å². The molecule has 2 rings (SSSR count). The maximum absolute atomic E-state index is 6.19. The number of halogens is 1. The highest BCUT2D eigenvalue weighted by Crippen LogP contribution is 2.20. The summed E-state index contributed by atoms with van der Waals surface area (Å²) in [6.07, 6.45) is 3.23. The summed E-state index contributed by atoms with van der Waals surface area (Å²) in [5.41, 5.74) is 7.23. The molecule has 0 aliphatic carbocycles. The zero-order valence-corrected chi connectivity index (χ0v) is 11.1. The summed E-state index contributed by atoms with van der Waals surface area (Å²) in [6.45, 7) is 2.94. The topological polar surface area (TPSA) is 56.7 Å². The van der Waals surface area contributed by atoms with E-state index in [4.69, 9.17) is 17.3 Å². The molecule has 0 amide bonds. The molecule has 0 radical (unpaired) electrons. The average Bonchev–Trinajstić information content (AvgIpc) is 2.81. The van der Waals surface area contributed by atoms with Gasteiger partial charge in [0.15, 0.2) is 0 Å². The Balaban J connectivity index is 2.14. The fraction of sp³-hybridized carbons (Fsp3) is 0.385. The Morgan fingerprint density at radius 3 is 2.89 bits per heavy atom. The molecule has 1 unspecified atom stereocenters. The van der Waals surface area contributed by atoms with Crippen molar-refractivity contribution < 1.29 is 0 Å². The average molecular weight is 265 g/mol. The SMILES string of the molecule is CCCn1ncnc1C(N)Cc1ccccc1Cl. The van der Waals surface area contributed by atoms with Gasteiger partial charge in [-0.15, -0.1) is 0 Å². The van der Waals surface area contributed by atoms with Crippen LogP contribution >= 0.6 is 11.6 Å². The number of hydrogen-bond acceptors (Lipinski definition) is 3. The molecule has 0 saturated heterocycles. The number of nitrogens with two attached hydrogens (primary N) is 1. The standard InChI is InChI=1S/C13H17ClN4/c1-2-7-18-13(16-9-17-18)12(15)8-10-5-3-4-6-11(10)14/h3-6,9,12H,2,7-8,15H2,1H3. The normalized spacial score (nSPS) is 12.6. The van der Waals surface area contributed by atoms with Crippen LogP contribution in [0.5, 0.6) is 0 Å². The third-order valence-electron chi connectivity index (χ3n) is 2.81. The van der Waals surface area contributed by atoms with Crippen molar-refractivity contribution in [1.29, 1.82) is 0 Å². The van der Waals surface area contributed by atoms with E-state index in [1.807, 2.05) is 28.9 Å². The Labute approximate surface area is 112 Å². The van der Waals surface area contributed by atoms with Gasteiger partial charge >= 0.3 is 0 Å². The molecule has 1 aromatic heterocycles. The first-order valence-electron chi connectivity index (χ1n) is 6.09. The summed E-state index contributed by atoms with van der Waals surface area (Å²) < 4.78 is 1.86. The Bertz CT molecular complexity index is 509. The van der Waals surface area contributed by atoms with Crippen molar-refractivity contribution in [3.05, 3.63) is 47.0 Å². The fourth-order valence-electron chi connectivity index (χ4n) is 1.94. The van der Waals surface area contributed by atoms with Crippen molar-refractivity contribution in [3.63, 3.8) is 0 Å². The van der Waals surface area contributed by atoms with Crippen LogP contribution in [-0.2, 0) is 13.0 Å². The number of aromatic nitrogens is 3. The lowest BCUT2D eigenvalue weighted by Crippen LogP contribution is -2.20. The van der Waals surface area contributed by atoms with Crippen LogP contribution in [0.2, 0.25) is 5.02 Å². The molecule has 0 spiro atoms. The molecule has 0 aliphatic heterocycles. The maximum atomic E-state index is 6.19. The lowest BCUT2D eigenvalue weighted by Gasteiger charge is -2.13. The van der Waals surface area contributed by atoms with Crippen LogP contribution < -0.4 is 5.73 Å². The fourth-order valence-corrected chi connectivity index (χ4v) is 2.15. The summed E-state index contributed by atoms with van der Waals surface area (Å²) in [4.78, 5) is 4.24. The number of benzene rings is 1. The largest absolute Gasteiger partial charge is 0.321 e. The minimum absolute atomic E-state index is 0.182. The van der Waals surface area contributed by atoms with Gasteiger partial charge in [-0.2, -0.15) is 5.10 Å². The van der Waals surface area contributed by atoms with Gasteiger partial charge in [0, 0.05) is 11.6 Å². The minimum atomic E-state index is -0.182. The van der Waals surface area contributed by atoms with Crippen LogP contribution in [-0.4, -0.2) is 14.8 Å². The second kappa shape index (κ2) is 5.98. The monoisotopic (exact) mass is 264 g/mol. The van der Waals surface area contributed by atoms with E-state index in [1.54, 1.807) is 6.33 Å². The molecule has 0 fully saturated rings. The Morgan fingerprint density at radius 1 is 1.39 bits per heavy atom. The molecule has 2 aromatic rings. The van der Waals surface area contributed by atoms with E-state index in [-0.39, 0.29) is 6.04 Å². The Hall–Kier alpha value is -1.39. The van der Waals surface area contributed by atoms with E-state index in [0.29, 0.717) is 6.42 Å². The van der Waals surface area contributed by atoms with Crippen LogP contribution in [0.15, 0.2) is 30.6 Å². The van der Waals surface area contributed by atoms with Crippen molar-refractivity contribution in [2.45, 2.75) is 32.4 Å². The highest BCUT2D eigenvalue weighted by molar-refractivity contribution is 6.31. The molecule has 5 heteroatoms. The van der Waals surface area contributed by atoms with Crippen LogP contribution in [0.3, 0.4) is 0 Å². The molecular formula is C13H17ClN4. The van der Waals surface area contributed by atoms with Gasteiger partial charge in [-0.05, 0) is 24.5 Å². The van der Waals surface area contributed by atoms with Crippen molar-refractivity contribution >= 4 is 11.6 Å². The molecule has 4 nitrogen and oxygen atoms in total.